The van der Waals surface area contributed by atoms with Crippen molar-refractivity contribution >= 4 is 11.9 Å². The third-order valence-corrected chi connectivity index (χ3v) is 4.75. The number of amides is 1. The van der Waals surface area contributed by atoms with Gasteiger partial charge in [-0.3, -0.25) is 4.79 Å². The molecule has 160 valence electrons. The molecule has 0 aliphatic rings. The van der Waals surface area contributed by atoms with Gasteiger partial charge in [-0.2, -0.15) is 13.2 Å². The minimum atomic E-state index is -4.51. The SMILES string of the molecule is O=C(Cc1cccc(C(F)(F)F)c1)N[C@H](Cc1ccc(-c2ccccc2)cc1)C(=O)O. The molecule has 0 unspecified atom stereocenters. The van der Waals surface area contributed by atoms with E-state index in [1.54, 1.807) is 12.1 Å². The fourth-order valence-electron chi connectivity index (χ4n) is 3.19. The van der Waals surface area contributed by atoms with Crippen LogP contribution >= 0.6 is 0 Å². The molecule has 0 saturated heterocycles. The molecule has 1 amide bonds. The number of nitrogens with one attached hydrogen (secondary N) is 1. The number of carbonyl (C=O) groups excluding carboxylic acids is 1. The van der Waals surface area contributed by atoms with Crippen molar-refractivity contribution < 1.29 is 27.9 Å². The second-order valence-corrected chi connectivity index (χ2v) is 7.10. The van der Waals surface area contributed by atoms with Crippen LogP contribution in [-0.2, 0) is 28.6 Å². The molecule has 1 atom stereocenters. The number of halogens is 3. The first-order chi connectivity index (χ1) is 14.7. The standard InChI is InChI=1S/C24H20F3NO3/c25-24(26,27)20-8-4-5-17(13-20)15-22(29)28-21(23(30)31)14-16-9-11-19(12-10-16)18-6-2-1-3-7-18/h1-13,21H,14-15H2,(H,28,29)(H,30,31)/t21-/m1/s1. The lowest BCUT2D eigenvalue weighted by atomic mass is 10.0. The van der Waals surface area contributed by atoms with E-state index < -0.39 is 29.7 Å². The predicted molar refractivity (Wildman–Crippen MR) is 110 cm³/mol. The van der Waals surface area contributed by atoms with Crippen LogP contribution in [0.15, 0.2) is 78.9 Å². The minimum Gasteiger partial charge on any atom is -0.480 e. The molecule has 0 aromatic heterocycles. The Balaban J connectivity index is 1.65. The van der Waals surface area contributed by atoms with Crippen molar-refractivity contribution in [1.29, 1.82) is 0 Å². The summed E-state index contributed by atoms with van der Waals surface area (Å²) in [5.41, 5.74) is 2.02. The van der Waals surface area contributed by atoms with E-state index in [1.807, 2.05) is 42.5 Å². The maximum atomic E-state index is 12.8. The van der Waals surface area contributed by atoms with Crippen LogP contribution in [0.3, 0.4) is 0 Å². The highest BCUT2D eigenvalue weighted by atomic mass is 19.4. The third-order valence-electron chi connectivity index (χ3n) is 4.75. The summed E-state index contributed by atoms with van der Waals surface area (Å²) in [4.78, 5) is 23.9. The van der Waals surface area contributed by atoms with Crippen molar-refractivity contribution in [2.75, 3.05) is 0 Å². The molecule has 0 spiro atoms. The van der Waals surface area contributed by atoms with Gasteiger partial charge >= 0.3 is 12.1 Å². The van der Waals surface area contributed by atoms with Gasteiger partial charge in [0, 0.05) is 6.42 Å². The topological polar surface area (TPSA) is 66.4 Å². The van der Waals surface area contributed by atoms with Crippen molar-refractivity contribution in [3.8, 4) is 11.1 Å². The lowest BCUT2D eigenvalue weighted by Crippen LogP contribution is -2.43. The Labute approximate surface area is 177 Å². The molecular formula is C24H20F3NO3. The fraction of sp³-hybridized carbons (Fsp3) is 0.167. The van der Waals surface area contributed by atoms with Crippen LogP contribution in [0.4, 0.5) is 13.2 Å². The normalized spacial score (nSPS) is 12.2. The van der Waals surface area contributed by atoms with Crippen molar-refractivity contribution in [2.45, 2.75) is 25.1 Å². The first-order valence-corrected chi connectivity index (χ1v) is 9.55. The van der Waals surface area contributed by atoms with Gasteiger partial charge in [0.1, 0.15) is 6.04 Å². The van der Waals surface area contributed by atoms with Gasteiger partial charge in [-0.1, -0.05) is 72.8 Å². The molecule has 0 aliphatic carbocycles. The Kier molecular flexibility index (Phi) is 6.74. The number of aliphatic carboxylic acids is 1. The fourth-order valence-corrected chi connectivity index (χ4v) is 3.19. The Bertz CT molecular complexity index is 1050. The van der Waals surface area contributed by atoms with Crippen molar-refractivity contribution in [3.05, 3.63) is 95.6 Å². The zero-order valence-electron chi connectivity index (χ0n) is 16.4. The first kappa shape index (κ1) is 22.1. The third kappa shape index (κ3) is 6.18. The average Bonchev–Trinajstić information content (AvgIpc) is 2.74. The summed E-state index contributed by atoms with van der Waals surface area (Å²) in [7, 11) is 0. The minimum absolute atomic E-state index is 0.0543. The summed E-state index contributed by atoms with van der Waals surface area (Å²) >= 11 is 0. The number of carboxylic acid groups (broad SMARTS) is 1. The molecule has 3 aromatic carbocycles. The van der Waals surface area contributed by atoms with E-state index in [-0.39, 0.29) is 18.4 Å². The van der Waals surface area contributed by atoms with Crippen molar-refractivity contribution in [3.63, 3.8) is 0 Å². The van der Waals surface area contributed by atoms with Gasteiger partial charge in [-0.25, -0.2) is 4.79 Å². The highest BCUT2D eigenvalue weighted by Gasteiger charge is 2.30. The van der Waals surface area contributed by atoms with E-state index >= 15 is 0 Å². The molecule has 31 heavy (non-hydrogen) atoms. The molecule has 7 heteroatoms. The summed E-state index contributed by atoms with van der Waals surface area (Å²) in [6, 6.07) is 20.2. The van der Waals surface area contributed by atoms with Crippen LogP contribution in [0.2, 0.25) is 0 Å². The molecular weight excluding hydrogens is 407 g/mol. The number of carbonyl (C=O) groups is 2. The smallest absolute Gasteiger partial charge is 0.416 e. The van der Waals surface area contributed by atoms with Crippen molar-refractivity contribution in [1.82, 2.24) is 5.32 Å². The highest BCUT2D eigenvalue weighted by molar-refractivity contribution is 5.85. The molecule has 0 fully saturated rings. The number of rotatable bonds is 7. The summed E-state index contributed by atoms with van der Waals surface area (Å²) < 4.78 is 38.5. The second kappa shape index (κ2) is 9.47. The maximum Gasteiger partial charge on any atom is 0.416 e. The van der Waals surface area contributed by atoms with E-state index in [0.29, 0.717) is 5.56 Å². The lowest BCUT2D eigenvalue weighted by Gasteiger charge is -2.15. The van der Waals surface area contributed by atoms with Gasteiger partial charge in [0.05, 0.1) is 12.0 Å². The zero-order valence-corrected chi connectivity index (χ0v) is 16.4. The predicted octanol–water partition coefficient (Wildman–Crippen LogP) is 4.73. The van der Waals surface area contributed by atoms with E-state index in [1.165, 1.54) is 12.1 Å². The maximum absolute atomic E-state index is 12.8. The highest BCUT2D eigenvalue weighted by Crippen LogP contribution is 2.29. The average molecular weight is 427 g/mol. The number of hydrogen-bond acceptors (Lipinski definition) is 2. The molecule has 2 N–H and O–H groups in total. The van der Waals surface area contributed by atoms with Gasteiger partial charge in [0.15, 0.2) is 0 Å². The Morgan fingerprint density at radius 1 is 0.839 bits per heavy atom. The zero-order chi connectivity index (χ0) is 22.4. The number of hydrogen-bond donors (Lipinski definition) is 2. The second-order valence-electron chi connectivity index (χ2n) is 7.10. The van der Waals surface area contributed by atoms with Gasteiger partial charge in [0.2, 0.25) is 5.91 Å². The van der Waals surface area contributed by atoms with Gasteiger partial charge in [-0.15, -0.1) is 0 Å². The number of alkyl halides is 3. The lowest BCUT2D eigenvalue weighted by molar-refractivity contribution is -0.141. The molecule has 0 heterocycles. The summed E-state index contributed by atoms with van der Waals surface area (Å²) in [5, 5.41) is 11.9. The van der Waals surface area contributed by atoms with E-state index in [4.69, 9.17) is 0 Å². The summed E-state index contributed by atoms with van der Waals surface area (Å²) in [6.07, 6.45) is -4.80. The summed E-state index contributed by atoms with van der Waals surface area (Å²) in [5.74, 6) is -1.88. The van der Waals surface area contributed by atoms with E-state index in [2.05, 4.69) is 5.32 Å². The Morgan fingerprint density at radius 3 is 2.10 bits per heavy atom. The number of benzene rings is 3. The molecule has 4 nitrogen and oxygen atoms in total. The Hall–Kier alpha value is -3.61. The van der Waals surface area contributed by atoms with Gasteiger partial charge < -0.3 is 10.4 Å². The van der Waals surface area contributed by atoms with Crippen molar-refractivity contribution in [2.24, 2.45) is 0 Å². The Morgan fingerprint density at radius 2 is 1.48 bits per heavy atom. The van der Waals surface area contributed by atoms with Crippen LogP contribution in [0.25, 0.3) is 11.1 Å². The van der Waals surface area contributed by atoms with E-state index in [0.717, 1.165) is 23.3 Å². The van der Waals surface area contributed by atoms with Crippen LogP contribution < -0.4 is 5.32 Å². The van der Waals surface area contributed by atoms with Crippen LogP contribution in [-0.4, -0.2) is 23.0 Å². The number of carboxylic acids is 1. The first-order valence-electron chi connectivity index (χ1n) is 9.55. The monoisotopic (exact) mass is 427 g/mol. The van der Waals surface area contributed by atoms with Gasteiger partial charge in [-0.05, 0) is 28.3 Å². The molecule has 3 aromatic rings. The quantitative estimate of drug-likeness (QED) is 0.573. The van der Waals surface area contributed by atoms with Crippen LogP contribution in [0, 0.1) is 0 Å². The molecule has 0 aliphatic heterocycles. The molecule has 0 radical (unpaired) electrons. The summed E-state index contributed by atoms with van der Waals surface area (Å²) in [6.45, 7) is 0. The van der Waals surface area contributed by atoms with Crippen LogP contribution in [0.1, 0.15) is 16.7 Å². The molecule has 0 bridgehead atoms. The van der Waals surface area contributed by atoms with Crippen LogP contribution in [0.5, 0.6) is 0 Å². The molecule has 3 rings (SSSR count). The largest absolute Gasteiger partial charge is 0.480 e. The van der Waals surface area contributed by atoms with Gasteiger partial charge in [0.25, 0.3) is 0 Å². The van der Waals surface area contributed by atoms with E-state index in [9.17, 15) is 27.9 Å². The molecule has 0 saturated carbocycles.